The van der Waals surface area contributed by atoms with Gasteiger partial charge in [0.2, 0.25) is 0 Å². The van der Waals surface area contributed by atoms with E-state index in [9.17, 15) is 18.0 Å². The van der Waals surface area contributed by atoms with Gasteiger partial charge in [-0.25, -0.2) is 0 Å². The van der Waals surface area contributed by atoms with Crippen molar-refractivity contribution >= 4 is 15.2 Å². The highest BCUT2D eigenvalue weighted by atomic mass is 31.0. The summed E-state index contributed by atoms with van der Waals surface area (Å²) in [6.07, 6.45) is -1.09. The Bertz CT molecular complexity index is 194. The van der Waals surface area contributed by atoms with Crippen LogP contribution in [0.1, 0.15) is 32.6 Å². The van der Waals surface area contributed by atoms with E-state index in [-0.39, 0.29) is 0 Å². The van der Waals surface area contributed by atoms with Crippen LogP contribution in [0.2, 0.25) is 0 Å². The fourth-order valence-corrected chi connectivity index (χ4v) is 1.32. The molecule has 0 aliphatic carbocycles. The SMILES string of the molecule is CCCCCC(P)C(=O)OCC(F)(F)F. The maximum absolute atomic E-state index is 11.7. The molecule has 0 spiro atoms. The first-order valence-electron chi connectivity index (χ1n) is 4.85. The zero-order chi connectivity index (χ0) is 11.9. The van der Waals surface area contributed by atoms with Gasteiger partial charge in [-0.3, -0.25) is 4.79 Å². The Balaban J connectivity index is 3.70. The lowest BCUT2D eigenvalue weighted by atomic mass is 10.1. The first-order valence-corrected chi connectivity index (χ1v) is 5.52. The van der Waals surface area contributed by atoms with Crippen molar-refractivity contribution in [2.45, 2.75) is 44.4 Å². The van der Waals surface area contributed by atoms with Gasteiger partial charge in [0.15, 0.2) is 6.61 Å². The molecule has 6 heteroatoms. The Morgan fingerprint density at radius 2 is 2.00 bits per heavy atom. The lowest BCUT2D eigenvalue weighted by molar-refractivity contribution is -0.185. The van der Waals surface area contributed by atoms with Crippen molar-refractivity contribution in [3.8, 4) is 0 Å². The van der Waals surface area contributed by atoms with Crippen LogP contribution < -0.4 is 0 Å². The van der Waals surface area contributed by atoms with Crippen molar-refractivity contribution in [1.29, 1.82) is 0 Å². The zero-order valence-corrected chi connectivity index (χ0v) is 9.80. The van der Waals surface area contributed by atoms with E-state index >= 15 is 0 Å². The standard InChI is InChI=1S/C9H16F3O2P/c1-2-3-4-5-7(15)8(13)14-6-9(10,11)12/h7H,2-6,15H2,1H3. The maximum atomic E-state index is 11.7. The molecular formula is C9H16F3O2P. The third-order valence-corrected chi connectivity index (χ3v) is 2.41. The molecule has 0 rings (SSSR count). The van der Waals surface area contributed by atoms with Crippen molar-refractivity contribution in [3.63, 3.8) is 0 Å². The number of carbonyl (C=O) groups excluding carboxylic acids is 1. The average Bonchev–Trinajstić information content (AvgIpc) is 2.13. The van der Waals surface area contributed by atoms with E-state index in [1.54, 1.807) is 0 Å². The summed E-state index contributed by atoms with van der Waals surface area (Å²) in [5.41, 5.74) is -0.529. The molecule has 0 radical (unpaired) electrons. The van der Waals surface area contributed by atoms with Crippen molar-refractivity contribution in [1.82, 2.24) is 0 Å². The van der Waals surface area contributed by atoms with Gasteiger partial charge < -0.3 is 4.74 Å². The number of ether oxygens (including phenoxy) is 1. The minimum Gasteiger partial charge on any atom is -0.456 e. The van der Waals surface area contributed by atoms with Crippen LogP contribution in [0.5, 0.6) is 0 Å². The first-order chi connectivity index (χ1) is 6.87. The van der Waals surface area contributed by atoms with Crippen LogP contribution in [0.3, 0.4) is 0 Å². The number of hydrogen-bond acceptors (Lipinski definition) is 2. The second-order valence-electron chi connectivity index (χ2n) is 3.33. The van der Waals surface area contributed by atoms with Gasteiger partial charge in [-0.1, -0.05) is 26.2 Å². The molecule has 0 aliphatic rings. The van der Waals surface area contributed by atoms with Gasteiger partial charge in [-0.2, -0.15) is 13.2 Å². The van der Waals surface area contributed by atoms with Crippen LogP contribution in [-0.2, 0) is 9.53 Å². The average molecular weight is 244 g/mol. The Labute approximate surface area is 89.8 Å². The summed E-state index contributed by atoms with van der Waals surface area (Å²) in [6, 6.07) is 0. The Kier molecular flexibility index (Phi) is 6.90. The van der Waals surface area contributed by atoms with Crippen molar-refractivity contribution in [3.05, 3.63) is 0 Å². The van der Waals surface area contributed by atoms with Crippen LogP contribution in [0, 0.1) is 0 Å². The van der Waals surface area contributed by atoms with Gasteiger partial charge in [0.05, 0.1) is 5.66 Å². The number of carbonyl (C=O) groups is 1. The van der Waals surface area contributed by atoms with Crippen LogP contribution in [0.25, 0.3) is 0 Å². The highest BCUT2D eigenvalue weighted by Crippen LogP contribution is 2.17. The second-order valence-corrected chi connectivity index (χ2v) is 4.13. The third kappa shape index (κ3) is 8.67. The van der Waals surface area contributed by atoms with Gasteiger partial charge in [0, 0.05) is 0 Å². The zero-order valence-electron chi connectivity index (χ0n) is 8.64. The molecule has 0 aliphatic heterocycles. The largest absolute Gasteiger partial charge is 0.456 e. The van der Waals surface area contributed by atoms with Gasteiger partial charge in [-0.15, -0.1) is 9.24 Å². The van der Waals surface area contributed by atoms with E-state index in [1.165, 1.54) is 0 Å². The molecule has 0 N–H and O–H groups in total. The molecule has 15 heavy (non-hydrogen) atoms. The molecule has 2 nitrogen and oxygen atoms in total. The summed E-state index contributed by atoms with van der Waals surface area (Å²) >= 11 is 0. The van der Waals surface area contributed by atoms with Crippen molar-refractivity contribution < 1.29 is 22.7 Å². The summed E-state index contributed by atoms with van der Waals surface area (Å²) < 4.78 is 39.2. The van der Waals surface area contributed by atoms with Crippen LogP contribution >= 0.6 is 9.24 Å². The molecule has 0 bridgehead atoms. The van der Waals surface area contributed by atoms with E-state index in [0.717, 1.165) is 19.3 Å². The topological polar surface area (TPSA) is 26.3 Å². The van der Waals surface area contributed by atoms with Gasteiger partial charge in [0.1, 0.15) is 0 Å². The van der Waals surface area contributed by atoms with Crippen LogP contribution in [0.4, 0.5) is 13.2 Å². The molecule has 90 valence electrons. The Morgan fingerprint density at radius 3 is 2.47 bits per heavy atom. The predicted octanol–water partition coefficient (Wildman–Crippen LogP) is 2.92. The number of halogens is 3. The number of alkyl halides is 3. The maximum Gasteiger partial charge on any atom is 0.422 e. The van der Waals surface area contributed by atoms with E-state index in [1.807, 2.05) is 6.92 Å². The normalized spacial score (nSPS) is 13.7. The lowest BCUT2D eigenvalue weighted by Crippen LogP contribution is -2.25. The minimum absolute atomic E-state index is 0.529. The molecule has 2 atom stereocenters. The lowest BCUT2D eigenvalue weighted by Gasteiger charge is -2.12. The van der Waals surface area contributed by atoms with Crippen molar-refractivity contribution in [2.75, 3.05) is 6.61 Å². The summed E-state index contributed by atoms with van der Waals surface area (Å²) in [5.74, 6) is -0.798. The molecule has 0 aromatic heterocycles. The number of esters is 1. The molecule has 0 aromatic rings. The fraction of sp³-hybridized carbons (Fsp3) is 0.889. The monoisotopic (exact) mass is 244 g/mol. The van der Waals surface area contributed by atoms with Crippen LogP contribution in [-0.4, -0.2) is 24.4 Å². The third-order valence-electron chi connectivity index (χ3n) is 1.80. The second kappa shape index (κ2) is 7.04. The van der Waals surface area contributed by atoms with E-state index < -0.39 is 24.4 Å². The summed E-state index contributed by atoms with van der Waals surface area (Å²) in [4.78, 5) is 11.0. The summed E-state index contributed by atoms with van der Waals surface area (Å²) in [7, 11) is 2.22. The van der Waals surface area contributed by atoms with Crippen molar-refractivity contribution in [2.24, 2.45) is 0 Å². The highest BCUT2D eigenvalue weighted by molar-refractivity contribution is 7.19. The number of rotatable bonds is 6. The molecule has 0 fully saturated rings. The molecule has 0 amide bonds. The highest BCUT2D eigenvalue weighted by Gasteiger charge is 2.30. The molecule has 2 unspecified atom stereocenters. The fourth-order valence-electron chi connectivity index (χ4n) is 0.992. The van der Waals surface area contributed by atoms with Gasteiger partial charge in [-0.05, 0) is 6.42 Å². The van der Waals surface area contributed by atoms with Gasteiger partial charge in [0.25, 0.3) is 0 Å². The van der Waals surface area contributed by atoms with E-state index in [0.29, 0.717) is 6.42 Å². The number of unbranched alkanes of at least 4 members (excludes halogenated alkanes) is 2. The predicted molar refractivity (Wildman–Crippen MR) is 54.7 cm³/mol. The van der Waals surface area contributed by atoms with Crippen LogP contribution in [0.15, 0.2) is 0 Å². The molecule has 0 heterocycles. The Morgan fingerprint density at radius 1 is 1.40 bits per heavy atom. The summed E-state index contributed by atoms with van der Waals surface area (Å²) in [6.45, 7) is 0.518. The molecular weight excluding hydrogens is 228 g/mol. The summed E-state index contributed by atoms with van der Waals surface area (Å²) in [5, 5.41) is 0. The molecule has 0 saturated carbocycles. The smallest absolute Gasteiger partial charge is 0.422 e. The minimum atomic E-state index is -4.44. The van der Waals surface area contributed by atoms with E-state index in [4.69, 9.17) is 0 Å². The first kappa shape index (κ1) is 14.7. The quantitative estimate of drug-likeness (QED) is 0.408. The van der Waals surface area contributed by atoms with Gasteiger partial charge >= 0.3 is 12.1 Å². The number of hydrogen-bond donors (Lipinski definition) is 0. The molecule has 0 saturated heterocycles. The Hall–Kier alpha value is -0.310. The molecule has 0 aromatic carbocycles. The van der Waals surface area contributed by atoms with E-state index in [2.05, 4.69) is 14.0 Å².